The van der Waals surface area contributed by atoms with E-state index in [0.29, 0.717) is 21.8 Å². The zero-order chi connectivity index (χ0) is 18.7. The topological polar surface area (TPSA) is 46.2 Å². The normalized spacial score (nSPS) is 11.2. The minimum atomic E-state index is -3.69. The fourth-order valence-electron chi connectivity index (χ4n) is 2.56. The van der Waals surface area contributed by atoms with E-state index in [0.717, 1.165) is 11.1 Å². The first kappa shape index (κ1) is 18.2. The summed E-state index contributed by atoms with van der Waals surface area (Å²) in [5, 5.41) is 0.634. The third-order valence-corrected chi connectivity index (χ3v) is 5.65. The molecular weight excluding hydrogens is 366 g/mol. The summed E-state index contributed by atoms with van der Waals surface area (Å²) in [6.45, 7) is 6.03. The molecule has 0 amide bonds. The number of nitrogens with one attached hydrogen (secondary N) is 1. The Kier molecular flexibility index (Phi) is 5.16. The first-order chi connectivity index (χ1) is 12.4. The summed E-state index contributed by atoms with van der Waals surface area (Å²) in [4.78, 5) is 0.218. The summed E-state index contributed by atoms with van der Waals surface area (Å²) in [5.41, 5.74) is 3.78. The third kappa shape index (κ3) is 3.98. The highest BCUT2D eigenvalue weighted by molar-refractivity contribution is 7.92. The van der Waals surface area contributed by atoms with Gasteiger partial charge < -0.3 is 0 Å². The van der Waals surface area contributed by atoms with Crippen molar-refractivity contribution in [2.45, 2.75) is 11.8 Å². The maximum absolute atomic E-state index is 12.7. The molecule has 132 valence electrons. The van der Waals surface area contributed by atoms with Gasteiger partial charge in [-0.25, -0.2) is 8.42 Å². The highest BCUT2D eigenvalue weighted by Crippen LogP contribution is 2.30. The lowest BCUT2D eigenvalue weighted by molar-refractivity contribution is 0.601. The van der Waals surface area contributed by atoms with Gasteiger partial charge in [0, 0.05) is 10.6 Å². The van der Waals surface area contributed by atoms with Gasteiger partial charge in [0.25, 0.3) is 10.0 Å². The van der Waals surface area contributed by atoms with Crippen molar-refractivity contribution in [1.29, 1.82) is 0 Å². The van der Waals surface area contributed by atoms with E-state index in [9.17, 15) is 8.42 Å². The van der Waals surface area contributed by atoms with Crippen molar-refractivity contribution in [2.24, 2.45) is 0 Å². The Morgan fingerprint density at radius 3 is 2.19 bits per heavy atom. The lowest BCUT2D eigenvalue weighted by atomic mass is 9.98. The molecule has 1 N–H and O–H groups in total. The van der Waals surface area contributed by atoms with Crippen LogP contribution in [0.15, 0.2) is 84.3 Å². The minimum Gasteiger partial charge on any atom is -0.279 e. The van der Waals surface area contributed by atoms with Crippen molar-refractivity contribution in [1.82, 2.24) is 0 Å². The van der Waals surface area contributed by atoms with Crippen LogP contribution < -0.4 is 4.72 Å². The number of sulfonamides is 1. The summed E-state index contributed by atoms with van der Waals surface area (Å²) in [7, 11) is -3.69. The molecule has 0 saturated carbocycles. The number of halogens is 1. The summed E-state index contributed by atoms with van der Waals surface area (Å²) in [6.07, 6.45) is 0. The standard InChI is InChI=1S/C21H18ClNO2S/c1-15-7-13-19(14-8-15)26(24,25)23-21-6-4-3-5-20(21)16(2)17-9-11-18(22)12-10-17/h3-14,23H,2H2,1H3. The predicted octanol–water partition coefficient (Wildman–Crippen LogP) is 5.51. The van der Waals surface area contributed by atoms with Crippen LogP contribution in [0.25, 0.3) is 5.57 Å². The van der Waals surface area contributed by atoms with Crippen LogP contribution in [0.5, 0.6) is 0 Å². The second-order valence-electron chi connectivity index (χ2n) is 5.95. The molecule has 0 aliphatic carbocycles. The Bertz CT molecular complexity index is 1040. The lowest BCUT2D eigenvalue weighted by Gasteiger charge is -2.15. The molecule has 0 aliphatic heterocycles. The monoisotopic (exact) mass is 383 g/mol. The van der Waals surface area contributed by atoms with Gasteiger partial charge in [0.2, 0.25) is 0 Å². The van der Waals surface area contributed by atoms with E-state index < -0.39 is 10.0 Å². The summed E-state index contributed by atoms with van der Waals surface area (Å²) < 4.78 is 28.1. The van der Waals surface area contributed by atoms with E-state index in [1.54, 1.807) is 48.5 Å². The quantitative estimate of drug-likeness (QED) is 0.631. The van der Waals surface area contributed by atoms with Crippen molar-refractivity contribution >= 4 is 32.9 Å². The molecule has 0 aromatic heterocycles. The second-order valence-corrected chi connectivity index (χ2v) is 8.07. The molecule has 0 atom stereocenters. The molecular formula is C21H18ClNO2S. The van der Waals surface area contributed by atoms with Crippen molar-refractivity contribution in [3.63, 3.8) is 0 Å². The summed E-state index contributed by atoms with van der Waals surface area (Å²) >= 11 is 5.94. The Morgan fingerprint density at radius 1 is 0.923 bits per heavy atom. The van der Waals surface area contributed by atoms with Gasteiger partial charge in [-0.3, -0.25) is 4.72 Å². The van der Waals surface area contributed by atoms with E-state index in [1.165, 1.54) is 0 Å². The second kappa shape index (κ2) is 7.36. The van der Waals surface area contributed by atoms with Gasteiger partial charge in [-0.05, 0) is 48.4 Å². The van der Waals surface area contributed by atoms with Crippen LogP contribution in [0.2, 0.25) is 5.02 Å². The van der Waals surface area contributed by atoms with Gasteiger partial charge in [-0.2, -0.15) is 0 Å². The molecule has 0 saturated heterocycles. The molecule has 0 heterocycles. The van der Waals surface area contributed by atoms with Gasteiger partial charge >= 0.3 is 0 Å². The maximum Gasteiger partial charge on any atom is 0.261 e. The molecule has 0 aliphatic rings. The SMILES string of the molecule is C=C(c1ccc(Cl)cc1)c1ccccc1NS(=O)(=O)c1ccc(C)cc1. The van der Waals surface area contributed by atoms with E-state index >= 15 is 0 Å². The van der Waals surface area contributed by atoms with E-state index in [4.69, 9.17) is 11.6 Å². The highest BCUT2D eigenvalue weighted by atomic mass is 35.5. The number of para-hydroxylation sites is 1. The van der Waals surface area contributed by atoms with Crippen molar-refractivity contribution < 1.29 is 8.42 Å². The van der Waals surface area contributed by atoms with Crippen LogP contribution in [-0.4, -0.2) is 8.42 Å². The zero-order valence-electron chi connectivity index (χ0n) is 14.2. The number of anilines is 1. The Morgan fingerprint density at radius 2 is 1.54 bits per heavy atom. The molecule has 3 rings (SSSR count). The van der Waals surface area contributed by atoms with Crippen LogP contribution >= 0.6 is 11.6 Å². The molecule has 0 radical (unpaired) electrons. The molecule has 0 bridgehead atoms. The van der Waals surface area contributed by atoms with Crippen LogP contribution in [-0.2, 0) is 10.0 Å². The van der Waals surface area contributed by atoms with Gasteiger partial charge in [0.05, 0.1) is 10.6 Å². The molecule has 5 heteroatoms. The van der Waals surface area contributed by atoms with Crippen LogP contribution in [0.4, 0.5) is 5.69 Å². The number of benzene rings is 3. The van der Waals surface area contributed by atoms with Crippen LogP contribution in [0.3, 0.4) is 0 Å². The van der Waals surface area contributed by atoms with Crippen LogP contribution in [0.1, 0.15) is 16.7 Å². The highest BCUT2D eigenvalue weighted by Gasteiger charge is 2.17. The lowest BCUT2D eigenvalue weighted by Crippen LogP contribution is -2.14. The number of hydrogen-bond donors (Lipinski definition) is 1. The molecule has 0 spiro atoms. The van der Waals surface area contributed by atoms with Gasteiger partial charge in [-0.15, -0.1) is 0 Å². The van der Waals surface area contributed by atoms with Gasteiger partial charge in [-0.1, -0.05) is 66.2 Å². The summed E-state index contributed by atoms with van der Waals surface area (Å²) in [6, 6.07) is 21.2. The van der Waals surface area contributed by atoms with Crippen molar-refractivity contribution in [3.05, 3.63) is 101 Å². The fraction of sp³-hybridized carbons (Fsp3) is 0.0476. The van der Waals surface area contributed by atoms with Crippen molar-refractivity contribution in [3.8, 4) is 0 Å². The maximum atomic E-state index is 12.7. The fourth-order valence-corrected chi connectivity index (χ4v) is 3.77. The zero-order valence-corrected chi connectivity index (χ0v) is 15.8. The average Bonchev–Trinajstić information content (AvgIpc) is 2.62. The number of hydrogen-bond acceptors (Lipinski definition) is 2. The molecule has 26 heavy (non-hydrogen) atoms. The number of rotatable bonds is 5. The third-order valence-electron chi connectivity index (χ3n) is 4.02. The molecule has 0 unspecified atom stereocenters. The molecule has 3 nitrogen and oxygen atoms in total. The first-order valence-electron chi connectivity index (χ1n) is 8.00. The Balaban J connectivity index is 1.95. The smallest absolute Gasteiger partial charge is 0.261 e. The van der Waals surface area contributed by atoms with Gasteiger partial charge in [0.15, 0.2) is 0 Å². The number of aryl methyl sites for hydroxylation is 1. The minimum absolute atomic E-state index is 0.218. The van der Waals surface area contributed by atoms with Crippen molar-refractivity contribution in [2.75, 3.05) is 4.72 Å². The van der Waals surface area contributed by atoms with E-state index in [1.807, 2.05) is 31.2 Å². The summed E-state index contributed by atoms with van der Waals surface area (Å²) in [5.74, 6) is 0. The van der Waals surface area contributed by atoms with Gasteiger partial charge in [0.1, 0.15) is 0 Å². The average molecular weight is 384 g/mol. The Labute approximate surface area is 159 Å². The molecule has 0 fully saturated rings. The predicted molar refractivity (Wildman–Crippen MR) is 108 cm³/mol. The Hall–Kier alpha value is -2.56. The first-order valence-corrected chi connectivity index (χ1v) is 9.87. The van der Waals surface area contributed by atoms with Crippen LogP contribution in [0, 0.1) is 6.92 Å². The molecule has 3 aromatic carbocycles. The largest absolute Gasteiger partial charge is 0.279 e. The van der Waals surface area contributed by atoms with E-state index in [2.05, 4.69) is 11.3 Å². The molecule has 3 aromatic rings. The van der Waals surface area contributed by atoms with E-state index in [-0.39, 0.29) is 4.90 Å².